The minimum Gasteiger partial charge on any atom is -0.339 e. The zero-order valence-corrected chi connectivity index (χ0v) is 14.3. The molecule has 0 radical (unpaired) electrons. The summed E-state index contributed by atoms with van der Waals surface area (Å²) < 4.78 is 0. The molecule has 0 bridgehead atoms. The molecule has 2 heterocycles. The quantitative estimate of drug-likeness (QED) is 0.848. The zero-order chi connectivity index (χ0) is 16.1. The lowest BCUT2D eigenvalue weighted by Crippen LogP contribution is -2.44. The maximum absolute atomic E-state index is 12.4. The van der Waals surface area contributed by atoms with Crippen LogP contribution in [-0.4, -0.2) is 27.8 Å². The summed E-state index contributed by atoms with van der Waals surface area (Å²) in [7, 11) is 0. The number of rotatable bonds is 6. The standard InChI is InChI=1S/C14H18N4O2S2/c1-8(2)6-10(12(19)18-14-15-4-5-21-14)17-13(20)11-9(3)16-7-22-11/h4-5,7-8,10H,6H2,1-3H3,(H,17,20)(H,15,18,19)/t10-/m0/s1. The molecular weight excluding hydrogens is 320 g/mol. The van der Waals surface area contributed by atoms with Gasteiger partial charge in [0.05, 0.1) is 11.2 Å². The van der Waals surface area contributed by atoms with E-state index in [2.05, 4.69) is 20.6 Å². The number of nitrogens with zero attached hydrogens (tertiary/aromatic N) is 2. The molecule has 2 aromatic rings. The average Bonchev–Trinajstić information content (AvgIpc) is 3.08. The Balaban J connectivity index is 2.07. The summed E-state index contributed by atoms with van der Waals surface area (Å²) in [6, 6.07) is -0.599. The predicted octanol–water partition coefficient (Wildman–Crippen LogP) is 2.69. The first kappa shape index (κ1) is 16.6. The molecule has 0 aliphatic carbocycles. The Morgan fingerprint density at radius 1 is 1.27 bits per heavy atom. The van der Waals surface area contributed by atoms with Crippen LogP contribution in [0.5, 0.6) is 0 Å². The molecule has 118 valence electrons. The van der Waals surface area contributed by atoms with Gasteiger partial charge in [0, 0.05) is 11.6 Å². The van der Waals surface area contributed by atoms with Gasteiger partial charge in [-0.1, -0.05) is 13.8 Å². The minimum atomic E-state index is -0.599. The van der Waals surface area contributed by atoms with Gasteiger partial charge >= 0.3 is 0 Å². The summed E-state index contributed by atoms with van der Waals surface area (Å²) in [4.78, 5) is 33.3. The third kappa shape index (κ3) is 4.35. The van der Waals surface area contributed by atoms with Crippen LogP contribution in [0.4, 0.5) is 5.13 Å². The monoisotopic (exact) mass is 338 g/mol. The van der Waals surface area contributed by atoms with Gasteiger partial charge in [-0.05, 0) is 19.3 Å². The highest BCUT2D eigenvalue weighted by Gasteiger charge is 2.24. The van der Waals surface area contributed by atoms with Crippen LogP contribution in [0.2, 0.25) is 0 Å². The second-order valence-electron chi connectivity index (χ2n) is 5.25. The predicted molar refractivity (Wildman–Crippen MR) is 88.3 cm³/mol. The highest BCUT2D eigenvalue weighted by molar-refractivity contribution is 7.13. The Labute approximate surface area is 137 Å². The van der Waals surface area contributed by atoms with Crippen LogP contribution in [0.1, 0.15) is 35.6 Å². The second-order valence-corrected chi connectivity index (χ2v) is 7.00. The third-order valence-electron chi connectivity index (χ3n) is 2.94. The van der Waals surface area contributed by atoms with Crippen LogP contribution in [0, 0.1) is 12.8 Å². The number of hydrogen-bond acceptors (Lipinski definition) is 6. The van der Waals surface area contributed by atoms with Crippen LogP contribution < -0.4 is 10.6 Å². The van der Waals surface area contributed by atoms with Gasteiger partial charge in [0.1, 0.15) is 10.9 Å². The van der Waals surface area contributed by atoms with Gasteiger partial charge in [0.15, 0.2) is 5.13 Å². The molecule has 0 fully saturated rings. The normalized spacial score (nSPS) is 12.2. The van der Waals surface area contributed by atoms with Gasteiger partial charge in [-0.3, -0.25) is 9.59 Å². The lowest BCUT2D eigenvalue weighted by molar-refractivity contribution is -0.118. The smallest absolute Gasteiger partial charge is 0.263 e. The lowest BCUT2D eigenvalue weighted by atomic mass is 10.0. The van der Waals surface area contributed by atoms with E-state index in [0.717, 1.165) is 0 Å². The van der Waals surface area contributed by atoms with Crippen molar-refractivity contribution in [3.63, 3.8) is 0 Å². The summed E-state index contributed by atoms with van der Waals surface area (Å²) in [6.45, 7) is 5.79. The summed E-state index contributed by atoms with van der Waals surface area (Å²) in [5, 5.41) is 7.85. The molecule has 2 aromatic heterocycles. The van der Waals surface area contributed by atoms with Crippen molar-refractivity contribution in [2.75, 3.05) is 5.32 Å². The van der Waals surface area contributed by atoms with E-state index >= 15 is 0 Å². The van der Waals surface area contributed by atoms with E-state index in [4.69, 9.17) is 0 Å². The number of carbonyl (C=O) groups excluding carboxylic acids is 2. The van der Waals surface area contributed by atoms with Crippen LogP contribution >= 0.6 is 22.7 Å². The molecule has 0 saturated heterocycles. The van der Waals surface area contributed by atoms with Gasteiger partial charge in [-0.2, -0.15) is 0 Å². The molecule has 0 aliphatic rings. The Hall–Kier alpha value is -1.80. The van der Waals surface area contributed by atoms with Gasteiger partial charge < -0.3 is 10.6 Å². The van der Waals surface area contributed by atoms with Crippen LogP contribution in [-0.2, 0) is 4.79 Å². The molecule has 2 N–H and O–H groups in total. The number of anilines is 1. The first-order chi connectivity index (χ1) is 10.5. The summed E-state index contributed by atoms with van der Waals surface area (Å²) in [5.41, 5.74) is 2.29. The summed E-state index contributed by atoms with van der Waals surface area (Å²) >= 11 is 2.61. The number of thiazole rings is 2. The van der Waals surface area contributed by atoms with Gasteiger partial charge in [0.2, 0.25) is 5.91 Å². The number of amides is 2. The average molecular weight is 338 g/mol. The van der Waals surface area contributed by atoms with E-state index in [-0.39, 0.29) is 17.7 Å². The van der Waals surface area contributed by atoms with E-state index in [1.807, 2.05) is 13.8 Å². The molecule has 2 rings (SSSR count). The fourth-order valence-corrected chi connectivity index (χ4v) is 3.16. The lowest BCUT2D eigenvalue weighted by Gasteiger charge is -2.19. The maximum atomic E-state index is 12.4. The van der Waals surface area contributed by atoms with Gasteiger partial charge in [0.25, 0.3) is 5.91 Å². The van der Waals surface area contributed by atoms with E-state index in [1.54, 1.807) is 24.0 Å². The molecule has 2 amide bonds. The van der Waals surface area contributed by atoms with Crippen LogP contribution in [0.25, 0.3) is 0 Å². The summed E-state index contributed by atoms with van der Waals surface area (Å²) in [6.07, 6.45) is 2.18. The van der Waals surface area contributed by atoms with E-state index in [0.29, 0.717) is 22.1 Å². The number of nitrogens with one attached hydrogen (secondary N) is 2. The topological polar surface area (TPSA) is 84.0 Å². The highest BCUT2D eigenvalue weighted by Crippen LogP contribution is 2.15. The van der Waals surface area contributed by atoms with Crippen molar-refractivity contribution in [1.29, 1.82) is 0 Å². The van der Waals surface area contributed by atoms with Crippen molar-refractivity contribution in [3.05, 3.63) is 27.7 Å². The fraction of sp³-hybridized carbons (Fsp3) is 0.429. The van der Waals surface area contributed by atoms with Crippen molar-refractivity contribution < 1.29 is 9.59 Å². The molecule has 0 saturated carbocycles. The first-order valence-electron chi connectivity index (χ1n) is 6.88. The maximum Gasteiger partial charge on any atom is 0.263 e. The SMILES string of the molecule is Cc1ncsc1C(=O)N[C@@H](CC(C)C)C(=O)Nc1nccs1. The number of aromatic nitrogens is 2. The molecule has 6 nitrogen and oxygen atoms in total. The molecular formula is C14H18N4O2S2. The molecule has 1 atom stereocenters. The highest BCUT2D eigenvalue weighted by atomic mass is 32.1. The van der Waals surface area contributed by atoms with Crippen molar-refractivity contribution in [2.45, 2.75) is 33.2 Å². The van der Waals surface area contributed by atoms with E-state index in [9.17, 15) is 9.59 Å². The fourth-order valence-electron chi connectivity index (χ4n) is 1.92. The molecule has 22 heavy (non-hydrogen) atoms. The van der Waals surface area contributed by atoms with Crippen molar-refractivity contribution in [3.8, 4) is 0 Å². The molecule has 0 aliphatic heterocycles. The van der Waals surface area contributed by atoms with Crippen LogP contribution in [0.15, 0.2) is 17.1 Å². The molecule has 8 heteroatoms. The van der Waals surface area contributed by atoms with E-state index < -0.39 is 6.04 Å². The van der Waals surface area contributed by atoms with Crippen molar-refractivity contribution in [2.24, 2.45) is 5.92 Å². The van der Waals surface area contributed by atoms with Crippen molar-refractivity contribution >= 4 is 39.6 Å². The van der Waals surface area contributed by atoms with Gasteiger partial charge in [-0.25, -0.2) is 9.97 Å². The van der Waals surface area contributed by atoms with Crippen molar-refractivity contribution in [1.82, 2.24) is 15.3 Å². The molecule has 0 aromatic carbocycles. The minimum absolute atomic E-state index is 0.251. The summed E-state index contributed by atoms with van der Waals surface area (Å²) in [5.74, 6) is -0.242. The Bertz CT molecular complexity index is 637. The molecule has 0 unspecified atom stereocenters. The Morgan fingerprint density at radius 3 is 2.59 bits per heavy atom. The first-order valence-corrected chi connectivity index (χ1v) is 8.64. The second kappa shape index (κ2) is 7.46. The zero-order valence-electron chi connectivity index (χ0n) is 12.6. The van der Waals surface area contributed by atoms with E-state index in [1.165, 1.54) is 22.7 Å². The molecule has 0 spiro atoms. The van der Waals surface area contributed by atoms with Crippen LogP contribution in [0.3, 0.4) is 0 Å². The van der Waals surface area contributed by atoms with Gasteiger partial charge in [-0.15, -0.1) is 22.7 Å². The largest absolute Gasteiger partial charge is 0.339 e. The Kier molecular flexibility index (Phi) is 5.62. The number of carbonyl (C=O) groups is 2. The third-order valence-corrected chi connectivity index (χ3v) is 4.56. The number of aryl methyl sites for hydroxylation is 1. The number of hydrogen-bond donors (Lipinski definition) is 2. The Morgan fingerprint density at radius 2 is 2.05 bits per heavy atom.